The molecule has 1 fully saturated rings. The molecule has 3 heterocycles. The van der Waals surface area contributed by atoms with Crippen molar-refractivity contribution < 1.29 is 9.59 Å². The van der Waals surface area contributed by atoms with Crippen molar-refractivity contribution in [2.24, 2.45) is 0 Å². The average molecular weight is 462 g/mol. The van der Waals surface area contributed by atoms with Crippen molar-refractivity contribution in [3.63, 3.8) is 0 Å². The summed E-state index contributed by atoms with van der Waals surface area (Å²) in [6.45, 7) is 3.43. The summed E-state index contributed by atoms with van der Waals surface area (Å²) < 4.78 is 0. The largest absolute Gasteiger partial charge is 0.351 e. The number of benzene rings is 1. The van der Waals surface area contributed by atoms with Crippen LogP contribution in [0, 0.1) is 11.3 Å². The number of nitriles is 1. The molecule has 1 aliphatic carbocycles. The highest BCUT2D eigenvalue weighted by atomic mass is 32.1. The number of fused-ring (bicyclic) bond motifs is 2. The first-order chi connectivity index (χ1) is 16.1. The zero-order chi connectivity index (χ0) is 22.8. The molecular weight excluding hydrogens is 434 g/mol. The number of piperazine rings is 1. The molecule has 2 aliphatic rings. The van der Waals surface area contributed by atoms with Gasteiger partial charge in [-0.3, -0.25) is 14.5 Å². The average Bonchev–Trinajstić information content (AvgIpc) is 3.43. The zero-order valence-electron chi connectivity index (χ0n) is 18.5. The molecule has 7 nitrogen and oxygen atoms in total. The van der Waals surface area contributed by atoms with E-state index in [0.717, 1.165) is 55.2 Å². The second-order valence-electron chi connectivity index (χ2n) is 8.73. The van der Waals surface area contributed by atoms with Crippen LogP contribution in [0.3, 0.4) is 0 Å². The fourth-order valence-corrected chi connectivity index (χ4v) is 6.01. The number of carbonyl (C=O) groups is 2. The molecule has 2 N–H and O–H groups in total. The molecule has 0 radical (unpaired) electrons. The van der Waals surface area contributed by atoms with E-state index in [1.54, 1.807) is 11.3 Å². The van der Waals surface area contributed by atoms with E-state index in [9.17, 15) is 14.9 Å². The summed E-state index contributed by atoms with van der Waals surface area (Å²) in [4.78, 5) is 34.0. The monoisotopic (exact) mass is 461 g/mol. The van der Waals surface area contributed by atoms with Crippen molar-refractivity contribution in [3.05, 3.63) is 52.0 Å². The maximum Gasteiger partial charge on any atom is 0.270 e. The van der Waals surface area contributed by atoms with Crippen molar-refractivity contribution >= 4 is 39.1 Å². The van der Waals surface area contributed by atoms with E-state index in [1.807, 2.05) is 35.2 Å². The summed E-state index contributed by atoms with van der Waals surface area (Å²) in [6, 6.07) is 12.1. The molecule has 0 saturated carbocycles. The van der Waals surface area contributed by atoms with Crippen LogP contribution in [0.2, 0.25) is 0 Å². The van der Waals surface area contributed by atoms with Gasteiger partial charge in [0.1, 0.15) is 16.8 Å². The Morgan fingerprint density at radius 2 is 1.91 bits per heavy atom. The van der Waals surface area contributed by atoms with Gasteiger partial charge in [-0.2, -0.15) is 5.26 Å². The number of rotatable bonds is 5. The molecule has 3 aromatic rings. The van der Waals surface area contributed by atoms with E-state index in [2.05, 4.69) is 21.3 Å². The molecule has 8 heteroatoms. The fraction of sp³-hybridized carbons (Fsp3) is 0.400. The Balaban J connectivity index is 1.11. The number of thiophene rings is 1. The number of hydrogen-bond acceptors (Lipinski definition) is 5. The first-order valence-corrected chi connectivity index (χ1v) is 12.4. The lowest BCUT2D eigenvalue weighted by Gasteiger charge is -2.34. The Morgan fingerprint density at radius 1 is 1.12 bits per heavy atom. The second kappa shape index (κ2) is 9.38. The number of aromatic amines is 1. The van der Waals surface area contributed by atoms with Gasteiger partial charge in [-0.05, 0) is 43.4 Å². The zero-order valence-corrected chi connectivity index (χ0v) is 19.3. The number of hydrogen-bond donors (Lipinski definition) is 2. The summed E-state index contributed by atoms with van der Waals surface area (Å²) in [5.74, 6) is -0.0315. The number of nitrogens with zero attached hydrogens (tertiary/aromatic N) is 3. The number of anilines is 1. The SMILES string of the molecule is N#Cc1c(NC(=O)CCN2CCN(C(=O)c3cc4ccccc4[nH]3)CC2)sc2c1CCCC2. The number of para-hydroxylation sites is 1. The van der Waals surface area contributed by atoms with Gasteiger partial charge in [0.2, 0.25) is 5.91 Å². The highest BCUT2D eigenvalue weighted by Crippen LogP contribution is 2.37. The lowest BCUT2D eigenvalue weighted by atomic mass is 9.96. The van der Waals surface area contributed by atoms with Gasteiger partial charge in [0.15, 0.2) is 0 Å². The number of nitrogens with one attached hydrogen (secondary N) is 2. The highest BCUT2D eigenvalue weighted by molar-refractivity contribution is 7.16. The number of H-pyrrole nitrogens is 1. The van der Waals surface area contributed by atoms with E-state index < -0.39 is 0 Å². The predicted octanol–water partition coefficient (Wildman–Crippen LogP) is 3.77. The van der Waals surface area contributed by atoms with Crippen molar-refractivity contribution in [1.29, 1.82) is 5.26 Å². The standard InChI is InChI=1S/C25H27N5O2S/c26-16-19-18-6-2-4-8-22(18)33-24(19)28-23(31)9-10-29-11-13-30(14-12-29)25(32)21-15-17-5-1-3-7-20(17)27-21/h1,3,5,7,15,27H,2,4,6,8-14H2,(H,28,31). The van der Waals surface area contributed by atoms with Gasteiger partial charge < -0.3 is 15.2 Å². The minimum Gasteiger partial charge on any atom is -0.351 e. The summed E-state index contributed by atoms with van der Waals surface area (Å²) in [5, 5.41) is 14.3. The number of aryl methyl sites for hydroxylation is 1. The number of amides is 2. The van der Waals surface area contributed by atoms with E-state index >= 15 is 0 Å². The van der Waals surface area contributed by atoms with Crippen LogP contribution >= 0.6 is 11.3 Å². The Labute approximate surface area is 197 Å². The molecule has 1 saturated heterocycles. The van der Waals surface area contributed by atoms with Gasteiger partial charge in [-0.25, -0.2) is 0 Å². The molecular formula is C25H27N5O2S. The molecule has 1 aliphatic heterocycles. The van der Waals surface area contributed by atoms with Crippen LogP contribution in [-0.2, 0) is 17.6 Å². The van der Waals surface area contributed by atoms with Gasteiger partial charge in [-0.15, -0.1) is 11.3 Å². The molecule has 0 spiro atoms. The molecule has 1 aromatic carbocycles. The third-order valence-electron chi connectivity index (χ3n) is 6.61. The van der Waals surface area contributed by atoms with Gasteiger partial charge in [-0.1, -0.05) is 18.2 Å². The molecule has 5 rings (SSSR count). The lowest BCUT2D eigenvalue weighted by molar-refractivity contribution is -0.116. The summed E-state index contributed by atoms with van der Waals surface area (Å²) in [7, 11) is 0. The molecule has 2 aromatic heterocycles. The first-order valence-electron chi connectivity index (χ1n) is 11.6. The normalized spacial score (nSPS) is 16.4. The fourth-order valence-electron chi connectivity index (χ4n) is 4.75. The van der Waals surface area contributed by atoms with E-state index in [4.69, 9.17) is 0 Å². The Kier molecular flexibility index (Phi) is 6.16. The van der Waals surface area contributed by atoms with Crippen molar-refractivity contribution in [3.8, 4) is 6.07 Å². The third kappa shape index (κ3) is 4.52. The smallest absolute Gasteiger partial charge is 0.270 e. The van der Waals surface area contributed by atoms with Crippen LogP contribution in [-0.4, -0.2) is 59.3 Å². The van der Waals surface area contributed by atoms with Crippen LogP contribution in [0.4, 0.5) is 5.00 Å². The third-order valence-corrected chi connectivity index (χ3v) is 7.82. The minimum atomic E-state index is -0.0540. The molecule has 0 atom stereocenters. The number of aromatic nitrogens is 1. The van der Waals surface area contributed by atoms with Crippen molar-refractivity contribution in [2.45, 2.75) is 32.1 Å². The topological polar surface area (TPSA) is 92.2 Å². The van der Waals surface area contributed by atoms with E-state index in [-0.39, 0.29) is 11.8 Å². The van der Waals surface area contributed by atoms with Crippen LogP contribution in [0.5, 0.6) is 0 Å². The quantitative estimate of drug-likeness (QED) is 0.605. The van der Waals surface area contributed by atoms with Crippen molar-refractivity contribution in [1.82, 2.24) is 14.8 Å². The van der Waals surface area contributed by atoms with E-state index in [1.165, 1.54) is 4.88 Å². The molecule has 0 bridgehead atoms. The van der Waals surface area contributed by atoms with Gasteiger partial charge >= 0.3 is 0 Å². The van der Waals surface area contributed by atoms with Gasteiger partial charge in [0.25, 0.3) is 5.91 Å². The lowest BCUT2D eigenvalue weighted by Crippen LogP contribution is -2.49. The molecule has 33 heavy (non-hydrogen) atoms. The van der Waals surface area contributed by atoms with Crippen LogP contribution in [0.25, 0.3) is 10.9 Å². The second-order valence-corrected chi connectivity index (χ2v) is 9.83. The van der Waals surface area contributed by atoms with Gasteiger partial charge in [0, 0.05) is 54.9 Å². The van der Waals surface area contributed by atoms with Crippen LogP contribution in [0.1, 0.15) is 45.8 Å². The molecule has 0 unspecified atom stereocenters. The molecule has 170 valence electrons. The van der Waals surface area contributed by atoms with Crippen LogP contribution < -0.4 is 5.32 Å². The predicted molar refractivity (Wildman–Crippen MR) is 130 cm³/mol. The van der Waals surface area contributed by atoms with E-state index in [0.29, 0.717) is 42.3 Å². The van der Waals surface area contributed by atoms with Gasteiger partial charge in [0.05, 0.1) is 5.56 Å². The Hall–Kier alpha value is -3.15. The Morgan fingerprint density at radius 3 is 2.70 bits per heavy atom. The first kappa shape index (κ1) is 21.7. The maximum absolute atomic E-state index is 12.9. The number of carbonyl (C=O) groups excluding carboxylic acids is 2. The highest BCUT2D eigenvalue weighted by Gasteiger charge is 2.25. The Bertz CT molecular complexity index is 1200. The summed E-state index contributed by atoms with van der Waals surface area (Å²) in [5.41, 5.74) is 3.39. The van der Waals surface area contributed by atoms with Crippen molar-refractivity contribution in [2.75, 3.05) is 38.0 Å². The maximum atomic E-state index is 12.9. The van der Waals surface area contributed by atoms with Crippen LogP contribution in [0.15, 0.2) is 30.3 Å². The minimum absolute atomic E-state index is 0.0225. The summed E-state index contributed by atoms with van der Waals surface area (Å²) in [6.07, 6.45) is 4.59. The summed E-state index contributed by atoms with van der Waals surface area (Å²) >= 11 is 1.56. The molecule has 2 amide bonds.